The third-order valence-electron chi connectivity index (χ3n) is 5.09. The van der Waals surface area contributed by atoms with Crippen LogP contribution in [0.25, 0.3) is 6.08 Å². The van der Waals surface area contributed by atoms with Crippen molar-refractivity contribution >= 4 is 23.4 Å². The zero-order valence-corrected chi connectivity index (χ0v) is 16.8. The van der Waals surface area contributed by atoms with E-state index in [1.165, 1.54) is 31.4 Å². The van der Waals surface area contributed by atoms with Crippen LogP contribution in [0.3, 0.4) is 0 Å². The Morgan fingerprint density at radius 2 is 2.00 bits per heavy atom. The van der Waals surface area contributed by atoms with Crippen LogP contribution < -0.4 is 4.90 Å². The second kappa shape index (κ2) is 9.98. The van der Waals surface area contributed by atoms with Crippen LogP contribution in [0.2, 0.25) is 0 Å². The molecule has 0 bridgehead atoms. The highest BCUT2D eigenvalue weighted by Gasteiger charge is 2.23. The minimum Gasteiger partial charge on any atom is -0.466 e. The molecule has 0 aromatic heterocycles. The number of halogens is 1. The number of anilines is 1. The molecule has 0 radical (unpaired) electrons. The molecule has 1 saturated heterocycles. The quantitative estimate of drug-likeness (QED) is 0.312. The van der Waals surface area contributed by atoms with Crippen LogP contribution in [0.15, 0.2) is 48.5 Å². The number of nitro benzene ring substituents is 1. The van der Waals surface area contributed by atoms with Crippen LogP contribution in [-0.4, -0.2) is 49.1 Å². The fourth-order valence-electron chi connectivity index (χ4n) is 3.53. The molecule has 1 fully saturated rings. The maximum atomic E-state index is 14.0. The Kier molecular flexibility index (Phi) is 7.13. The van der Waals surface area contributed by atoms with Gasteiger partial charge in [0.2, 0.25) is 0 Å². The van der Waals surface area contributed by atoms with Crippen molar-refractivity contribution in [3.05, 3.63) is 75.6 Å². The van der Waals surface area contributed by atoms with E-state index in [1.54, 1.807) is 24.3 Å². The first-order valence-corrected chi connectivity index (χ1v) is 9.73. The van der Waals surface area contributed by atoms with Crippen LogP contribution in [0.4, 0.5) is 15.8 Å². The van der Waals surface area contributed by atoms with Crippen LogP contribution >= 0.6 is 0 Å². The van der Waals surface area contributed by atoms with Crippen molar-refractivity contribution < 1.29 is 18.8 Å². The van der Waals surface area contributed by atoms with Crippen molar-refractivity contribution in [3.8, 4) is 0 Å². The monoisotopic (exact) mass is 413 g/mol. The molecule has 0 atom stereocenters. The lowest BCUT2D eigenvalue weighted by Crippen LogP contribution is -2.31. The summed E-state index contributed by atoms with van der Waals surface area (Å²) in [5.41, 5.74) is 1.73. The fourth-order valence-corrected chi connectivity index (χ4v) is 3.53. The average Bonchev–Trinajstić information content (AvgIpc) is 2.99. The molecule has 0 spiro atoms. The molecule has 0 aliphatic carbocycles. The molecule has 0 N–H and O–H groups in total. The first kappa shape index (κ1) is 21.4. The lowest BCUT2D eigenvalue weighted by molar-refractivity contribution is -0.384. The largest absolute Gasteiger partial charge is 0.466 e. The summed E-state index contributed by atoms with van der Waals surface area (Å²) in [6.45, 7) is 3.26. The van der Waals surface area contributed by atoms with Gasteiger partial charge in [-0.15, -0.1) is 0 Å². The van der Waals surface area contributed by atoms with E-state index in [2.05, 4.69) is 9.64 Å². The Bertz CT molecular complexity index is 948. The zero-order valence-electron chi connectivity index (χ0n) is 16.8. The molecule has 0 saturated carbocycles. The Balaban J connectivity index is 1.73. The number of nitro groups is 1. The average molecular weight is 413 g/mol. The van der Waals surface area contributed by atoms with E-state index >= 15 is 0 Å². The van der Waals surface area contributed by atoms with E-state index in [9.17, 15) is 19.3 Å². The highest BCUT2D eigenvalue weighted by molar-refractivity contribution is 5.87. The minimum absolute atomic E-state index is 0.00966. The summed E-state index contributed by atoms with van der Waals surface area (Å²) in [5, 5.41) is 11.7. The predicted octanol–water partition coefficient (Wildman–Crippen LogP) is 3.63. The van der Waals surface area contributed by atoms with Crippen molar-refractivity contribution in [2.75, 3.05) is 38.2 Å². The van der Waals surface area contributed by atoms with Crippen molar-refractivity contribution in [3.63, 3.8) is 0 Å². The smallest absolute Gasteiger partial charge is 0.330 e. The van der Waals surface area contributed by atoms with Gasteiger partial charge in [-0.25, -0.2) is 9.18 Å². The van der Waals surface area contributed by atoms with E-state index in [0.29, 0.717) is 43.0 Å². The standard InChI is InChI=1S/C22H24FN3O4/c1-30-22(27)10-8-17-7-9-20(21(15-17)26(28)29)25-12-4-11-24(13-14-25)16-18-5-2-3-6-19(18)23/h2-3,5-10,15H,4,11-14,16H2,1H3/b10-8+. The normalized spacial score (nSPS) is 15.2. The van der Waals surface area contributed by atoms with Gasteiger partial charge in [-0.1, -0.05) is 24.3 Å². The number of hydrogen-bond acceptors (Lipinski definition) is 6. The minimum atomic E-state index is -0.524. The maximum absolute atomic E-state index is 14.0. The lowest BCUT2D eigenvalue weighted by Gasteiger charge is -2.23. The summed E-state index contributed by atoms with van der Waals surface area (Å²) in [4.78, 5) is 26.7. The molecule has 1 heterocycles. The Labute approximate surface area is 174 Å². The summed E-state index contributed by atoms with van der Waals surface area (Å²) in [6, 6.07) is 11.6. The molecule has 2 aromatic carbocycles. The molecule has 8 heteroatoms. The number of benzene rings is 2. The zero-order chi connectivity index (χ0) is 21.5. The highest BCUT2D eigenvalue weighted by Crippen LogP contribution is 2.30. The predicted molar refractivity (Wildman–Crippen MR) is 113 cm³/mol. The number of esters is 1. The summed E-state index contributed by atoms with van der Waals surface area (Å²) in [6.07, 6.45) is 3.53. The summed E-state index contributed by atoms with van der Waals surface area (Å²) in [7, 11) is 1.27. The third-order valence-corrected chi connectivity index (χ3v) is 5.09. The molecule has 0 unspecified atom stereocenters. The van der Waals surface area contributed by atoms with Gasteiger partial charge in [0.05, 0.1) is 12.0 Å². The molecular weight excluding hydrogens is 389 g/mol. The number of rotatable bonds is 6. The van der Waals surface area contributed by atoms with Gasteiger partial charge in [0.1, 0.15) is 11.5 Å². The Hall–Kier alpha value is -3.26. The molecule has 1 aliphatic heterocycles. The molecule has 1 aliphatic rings. The van der Waals surface area contributed by atoms with Crippen molar-refractivity contribution in [2.45, 2.75) is 13.0 Å². The first-order chi connectivity index (χ1) is 14.5. The summed E-state index contributed by atoms with van der Waals surface area (Å²) < 4.78 is 18.5. The second-order valence-corrected chi connectivity index (χ2v) is 7.07. The number of nitrogens with zero attached hydrogens (tertiary/aromatic N) is 3. The fraction of sp³-hybridized carbons (Fsp3) is 0.318. The SMILES string of the molecule is COC(=O)/C=C/c1ccc(N2CCCN(Cc3ccccc3F)CC2)c([N+](=O)[O-])c1. The van der Waals surface area contributed by atoms with Crippen LogP contribution in [0.5, 0.6) is 0 Å². The van der Waals surface area contributed by atoms with Crippen molar-refractivity contribution in [1.82, 2.24) is 4.90 Å². The van der Waals surface area contributed by atoms with E-state index in [-0.39, 0.29) is 11.5 Å². The lowest BCUT2D eigenvalue weighted by atomic mass is 10.1. The molecule has 30 heavy (non-hydrogen) atoms. The first-order valence-electron chi connectivity index (χ1n) is 9.73. The van der Waals surface area contributed by atoms with E-state index in [4.69, 9.17) is 0 Å². The molecule has 3 rings (SSSR count). The number of carbonyl (C=O) groups excluding carboxylic acids is 1. The highest BCUT2D eigenvalue weighted by atomic mass is 19.1. The maximum Gasteiger partial charge on any atom is 0.330 e. The molecule has 0 amide bonds. The van der Waals surface area contributed by atoms with Gasteiger partial charge in [-0.3, -0.25) is 15.0 Å². The van der Waals surface area contributed by atoms with Gasteiger partial charge < -0.3 is 9.64 Å². The van der Waals surface area contributed by atoms with E-state index in [1.807, 2.05) is 11.0 Å². The molecular formula is C22H24FN3O4. The topological polar surface area (TPSA) is 75.9 Å². The van der Waals surface area contributed by atoms with Crippen LogP contribution in [0.1, 0.15) is 17.5 Å². The van der Waals surface area contributed by atoms with Gasteiger partial charge in [0, 0.05) is 50.4 Å². The van der Waals surface area contributed by atoms with Gasteiger partial charge >= 0.3 is 5.97 Å². The number of carbonyl (C=O) groups is 1. The van der Waals surface area contributed by atoms with Gasteiger partial charge in [-0.2, -0.15) is 0 Å². The Morgan fingerprint density at radius 3 is 2.73 bits per heavy atom. The molecule has 7 nitrogen and oxygen atoms in total. The number of ether oxygens (including phenoxy) is 1. The van der Waals surface area contributed by atoms with E-state index < -0.39 is 10.9 Å². The van der Waals surface area contributed by atoms with Gasteiger partial charge in [-0.05, 0) is 30.2 Å². The van der Waals surface area contributed by atoms with Crippen molar-refractivity contribution in [2.24, 2.45) is 0 Å². The van der Waals surface area contributed by atoms with E-state index in [0.717, 1.165) is 13.0 Å². The van der Waals surface area contributed by atoms with Crippen LogP contribution in [0, 0.1) is 15.9 Å². The number of hydrogen-bond donors (Lipinski definition) is 0. The summed E-state index contributed by atoms with van der Waals surface area (Å²) >= 11 is 0. The second-order valence-electron chi connectivity index (χ2n) is 7.07. The molecule has 2 aromatic rings. The Morgan fingerprint density at radius 1 is 1.20 bits per heavy atom. The summed E-state index contributed by atoms with van der Waals surface area (Å²) in [5.74, 6) is -0.742. The number of methoxy groups -OCH3 is 1. The molecule has 158 valence electrons. The van der Waals surface area contributed by atoms with Gasteiger partial charge in [0.15, 0.2) is 0 Å². The van der Waals surface area contributed by atoms with Crippen molar-refractivity contribution in [1.29, 1.82) is 0 Å². The third kappa shape index (κ3) is 5.42. The van der Waals surface area contributed by atoms with Gasteiger partial charge in [0.25, 0.3) is 5.69 Å². The van der Waals surface area contributed by atoms with Crippen LogP contribution in [-0.2, 0) is 16.1 Å².